The normalized spacial score (nSPS) is 21.5. The van der Waals surface area contributed by atoms with Gasteiger partial charge in [0.15, 0.2) is 5.81 Å². The Bertz CT molecular complexity index is 509. The van der Waals surface area contributed by atoms with Gasteiger partial charge in [-0.2, -0.15) is 0 Å². The van der Waals surface area contributed by atoms with Crippen molar-refractivity contribution in [3.8, 4) is 0 Å². The summed E-state index contributed by atoms with van der Waals surface area (Å²) in [5.41, 5.74) is 1.21. The van der Waals surface area contributed by atoms with Crippen molar-refractivity contribution in [1.29, 1.82) is 0 Å². The third-order valence-electron chi connectivity index (χ3n) is 3.83. The Hall–Kier alpha value is -1.82. The van der Waals surface area contributed by atoms with Crippen LogP contribution in [0.4, 0.5) is 4.79 Å². The molecule has 0 aromatic heterocycles. The maximum Gasteiger partial charge on any atom is 0.306 e. The molecule has 2 atom stereocenters. The maximum atomic E-state index is 11.7. The van der Waals surface area contributed by atoms with Gasteiger partial charge in [-0.25, -0.2) is 0 Å². The molecule has 1 aliphatic heterocycles. The first-order valence-electron chi connectivity index (χ1n) is 7.56. The van der Waals surface area contributed by atoms with E-state index in [1.807, 2.05) is 18.2 Å². The molecule has 6 heteroatoms. The second-order valence-electron chi connectivity index (χ2n) is 5.56. The Morgan fingerprint density at radius 2 is 2.05 bits per heavy atom. The van der Waals surface area contributed by atoms with Gasteiger partial charge < -0.3 is 10.1 Å². The van der Waals surface area contributed by atoms with E-state index in [1.54, 1.807) is 6.92 Å². The molecule has 1 N–H and O–H groups in total. The van der Waals surface area contributed by atoms with E-state index in [0.29, 0.717) is 19.6 Å². The maximum absolute atomic E-state index is 11.7. The molecule has 1 aromatic carbocycles. The molecule has 22 heavy (non-hydrogen) atoms. The third-order valence-corrected chi connectivity index (χ3v) is 3.83. The number of esters is 1. The van der Waals surface area contributed by atoms with E-state index in [1.165, 1.54) is 5.56 Å². The average Bonchev–Trinajstić information content (AvgIpc) is 2.81. The first-order chi connectivity index (χ1) is 10.6. The van der Waals surface area contributed by atoms with Crippen LogP contribution < -0.4 is 5.32 Å². The lowest BCUT2D eigenvalue weighted by molar-refractivity contribution is -0.144. The second-order valence-corrected chi connectivity index (χ2v) is 5.56. The molecule has 116 valence electrons. The molecule has 1 fully saturated rings. The fraction of sp³-hybridized carbons (Fsp3) is 0.500. The number of carbonyl (C=O) groups excluding carboxylic acids is 2. The summed E-state index contributed by atoms with van der Waals surface area (Å²) < 4.78 is 5.01. The van der Waals surface area contributed by atoms with Gasteiger partial charge in [-0.1, -0.05) is 30.3 Å². The van der Waals surface area contributed by atoms with Crippen LogP contribution in [0.15, 0.2) is 30.3 Å². The third kappa shape index (κ3) is 4.88. The van der Waals surface area contributed by atoms with E-state index in [-0.39, 0.29) is 17.9 Å². The summed E-state index contributed by atoms with van der Waals surface area (Å²) in [5.74, 6) is -0.763. The molecule has 1 heterocycles. The highest BCUT2D eigenvalue weighted by atomic mass is 16.5. The minimum absolute atomic E-state index is 0.0234. The number of nitrogens with one attached hydrogen (secondary N) is 1. The number of benzene rings is 1. The zero-order valence-corrected chi connectivity index (χ0v) is 12.8. The standard InChI is InChI=1S/C16H21BN2O3/c1-2-22-15(20)8-13-10-19(11-14(13)18-16(17)21)9-12-6-4-3-5-7-12/h3-7,13-14H,2,8-11H2,1H3,(H,18,21). The number of carbonyl (C=O) groups is 2. The molecule has 2 unspecified atom stereocenters. The number of rotatable bonds is 6. The average molecular weight is 300 g/mol. The van der Waals surface area contributed by atoms with Crippen molar-refractivity contribution in [2.45, 2.75) is 25.9 Å². The number of hydrogen-bond donors (Lipinski definition) is 1. The fourth-order valence-corrected chi connectivity index (χ4v) is 2.92. The van der Waals surface area contributed by atoms with Crippen LogP contribution in [0.1, 0.15) is 18.9 Å². The summed E-state index contributed by atoms with van der Waals surface area (Å²) in [5, 5.41) is 2.74. The molecule has 1 aliphatic rings. The van der Waals surface area contributed by atoms with Gasteiger partial charge in [-0.05, 0) is 12.5 Å². The van der Waals surface area contributed by atoms with Crippen LogP contribution in [0, 0.1) is 5.92 Å². The van der Waals surface area contributed by atoms with Crippen molar-refractivity contribution in [2.24, 2.45) is 5.92 Å². The van der Waals surface area contributed by atoms with Crippen LogP contribution in [0.3, 0.4) is 0 Å². The van der Waals surface area contributed by atoms with Crippen LogP contribution in [-0.4, -0.2) is 50.3 Å². The Kier molecular flexibility index (Phi) is 6.01. The van der Waals surface area contributed by atoms with E-state index >= 15 is 0 Å². The monoisotopic (exact) mass is 300 g/mol. The molecule has 2 radical (unpaired) electrons. The Balaban J connectivity index is 1.97. The quantitative estimate of drug-likeness (QED) is 0.636. The minimum Gasteiger partial charge on any atom is -0.466 e. The number of amides is 1. The van der Waals surface area contributed by atoms with Gasteiger partial charge in [0.2, 0.25) is 7.85 Å². The smallest absolute Gasteiger partial charge is 0.306 e. The summed E-state index contributed by atoms with van der Waals surface area (Å²) >= 11 is 0. The van der Waals surface area contributed by atoms with E-state index in [0.717, 1.165) is 13.1 Å². The van der Waals surface area contributed by atoms with Crippen LogP contribution >= 0.6 is 0 Å². The number of likely N-dealkylation sites (tertiary alicyclic amines) is 1. The van der Waals surface area contributed by atoms with Crippen LogP contribution in [0.2, 0.25) is 0 Å². The van der Waals surface area contributed by atoms with E-state index in [4.69, 9.17) is 12.6 Å². The molecule has 0 aliphatic carbocycles. The van der Waals surface area contributed by atoms with E-state index < -0.39 is 5.81 Å². The summed E-state index contributed by atoms with van der Waals surface area (Å²) in [4.78, 5) is 25.1. The summed E-state index contributed by atoms with van der Waals surface area (Å²) in [7, 11) is 5.24. The highest BCUT2D eigenvalue weighted by Crippen LogP contribution is 2.23. The van der Waals surface area contributed by atoms with Crippen molar-refractivity contribution < 1.29 is 14.3 Å². The summed E-state index contributed by atoms with van der Waals surface area (Å²) in [6.07, 6.45) is 0.296. The molecule has 2 rings (SSSR count). The first-order valence-corrected chi connectivity index (χ1v) is 7.56. The number of nitrogens with zero attached hydrogens (tertiary/aromatic N) is 1. The molecule has 1 amide bonds. The van der Waals surface area contributed by atoms with Gasteiger partial charge >= 0.3 is 5.97 Å². The summed E-state index contributed by atoms with van der Waals surface area (Å²) in [6, 6.07) is 9.99. The molecule has 0 bridgehead atoms. The highest BCUT2D eigenvalue weighted by molar-refractivity contribution is 6.57. The van der Waals surface area contributed by atoms with Gasteiger partial charge in [-0.15, -0.1) is 0 Å². The van der Waals surface area contributed by atoms with Crippen molar-refractivity contribution in [3.63, 3.8) is 0 Å². The van der Waals surface area contributed by atoms with Crippen molar-refractivity contribution >= 4 is 19.6 Å². The van der Waals surface area contributed by atoms with Crippen LogP contribution in [0.25, 0.3) is 0 Å². The van der Waals surface area contributed by atoms with Crippen LogP contribution in [0.5, 0.6) is 0 Å². The molecule has 0 spiro atoms. The SMILES string of the molecule is [B]C(=O)NC1CN(Cc2ccccc2)CC1CC(=O)OCC. The van der Waals surface area contributed by atoms with E-state index in [2.05, 4.69) is 22.3 Å². The van der Waals surface area contributed by atoms with Crippen molar-refractivity contribution in [3.05, 3.63) is 35.9 Å². The molecular formula is C16H21BN2O3. The molecule has 1 aromatic rings. The Morgan fingerprint density at radius 3 is 2.68 bits per heavy atom. The predicted molar refractivity (Wildman–Crippen MR) is 84.5 cm³/mol. The molecule has 0 saturated carbocycles. The van der Waals surface area contributed by atoms with Gasteiger partial charge in [-0.3, -0.25) is 14.5 Å². The van der Waals surface area contributed by atoms with Gasteiger partial charge in [0.25, 0.3) is 0 Å². The largest absolute Gasteiger partial charge is 0.466 e. The number of ether oxygens (including phenoxy) is 1. The fourth-order valence-electron chi connectivity index (χ4n) is 2.92. The zero-order valence-electron chi connectivity index (χ0n) is 12.8. The van der Waals surface area contributed by atoms with E-state index in [9.17, 15) is 9.59 Å². The zero-order chi connectivity index (χ0) is 15.9. The first kappa shape index (κ1) is 16.6. The number of hydrogen-bond acceptors (Lipinski definition) is 4. The molecular weight excluding hydrogens is 279 g/mol. The lowest BCUT2D eigenvalue weighted by Crippen LogP contribution is -2.40. The van der Waals surface area contributed by atoms with Crippen molar-refractivity contribution in [2.75, 3.05) is 19.7 Å². The van der Waals surface area contributed by atoms with Gasteiger partial charge in [0, 0.05) is 31.6 Å². The lowest BCUT2D eigenvalue weighted by Gasteiger charge is -2.18. The highest BCUT2D eigenvalue weighted by Gasteiger charge is 2.34. The van der Waals surface area contributed by atoms with Crippen LogP contribution in [-0.2, 0) is 16.1 Å². The Labute approximate surface area is 132 Å². The summed E-state index contributed by atoms with van der Waals surface area (Å²) in [6.45, 7) is 4.36. The molecule has 5 nitrogen and oxygen atoms in total. The molecule has 1 saturated heterocycles. The topological polar surface area (TPSA) is 58.6 Å². The van der Waals surface area contributed by atoms with Crippen molar-refractivity contribution in [1.82, 2.24) is 10.2 Å². The van der Waals surface area contributed by atoms with Gasteiger partial charge in [0.05, 0.1) is 13.0 Å². The second kappa shape index (κ2) is 7.99. The Morgan fingerprint density at radius 1 is 1.32 bits per heavy atom. The van der Waals surface area contributed by atoms with Gasteiger partial charge in [0.1, 0.15) is 0 Å². The minimum atomic E-state index is -0.555. The lowest BCUT2D eigenvalue weighted by atomic mass is 9.98. The predicted octanol–water partition coefficient (Wildman–Crippen LogP) is 1.32.